The van der Waals surface area contributed by atoms with Crippen molar-refractivity contribution in [1.82, 2.24) is 5.32 Å². The number of anilines is 1. The van der Waals surface area contributed by atoms with Crippen molar-refractivity contribution in [2.24, 2.45) is 0 Å². The van der Waals surface area contributed by atoms with E-state index >= 15 is 0 Å². The highest BCUT2D eigenvalue weighted by Crippen LogP contribution is 2.17. The summed E-state index contributed by atoms with van der Waals surface area (Å²) in [6.07, 6.45) is 0.782. The Labute approximate surface area is 98.2 Å². The van der Waals surface area contributed by atoms with Gasteiger partial charge in [-0.3, -0.25) is 14.9 Å². The van der Waals surface area contributed by atoms with E-state index in [4.69, 9.17) is 0 Å². The van der Waals surface area contributed by atoms with Crippen LogP contribution in [0, 0.1) is 12.7 Å². The van der Waals surface area contributed by atoms with Gasteiger partial charge in [-0.25, -0.2) is 4.39 Å². The summed E-state index contributed by atoms with van der Waals surface area (Å²) in [4.78, 5) is 22.5. The van der Waals surface area contributed by atoms with Gasteiger partial charge in [0, 0.05) is 12.1 Å². The molecule has 0 spiro atoms. The van der Waals surface area contributed by atoms with Crippen molar-refractivity contribution in [3.8, 4) is 0 Å². The predicted octanol–water partition coefficient (Wildman–Crippen LogP) is 1.35. The largest absolute Gasteiger partial charge is 0.374 e. The van der Waals surface area contributed by atoms with Crippen LogP contribution in [0.1, 0.15) is 18.4 Å². The number of aryl methyl sites for hydroxylation is 1. The van der Waals surface area contributed by atoms with E-state index in [1.807, 2.05) is 0 Å². The van der Waals surface area contributed by atoms with Crippen molar-refractivity contribution in [1.29, 1.82) is 0 Å². The van der Waals surface area contributed by atoms with Crippen molar-refractivity contribution < 1.29 is 14.0 Å². The van der Waals surface area contributed by atoms with Crippen LogP contribution in [-0.4, -0.2) is 17.9 Å². The minimum absolute atomic E-state index is 0.247. The second-order valence-electron chi connectivity index (χ2n) is 4.11. The van der Waals surface area contributed by atoms with Gasteiger partial charge in [0.05, 0.1) is 0 Å². The number of rotatable bonds is 2. The van der Waals surface area contributed by atoms with E-state index in [2.05, 4.69) is 10.6 Å². The zero-order valence-corrected chi connectivity index (χ0v) is 9.42. The molecule has 0 radical (unpaired) electrons. The Hall–Kier alpha value is -1.91. The lowest BCUT2D eigenvalue weighted by Crippen LogP contribution is -2.47. The fraction of sp³-hybridized carbons (Fsp3) is 0.333. The molecule has 0 saturated carbocycles. The number of carbonyl (C=O) groups is 2. The van der Waals surface area contributed by atoms with E-state index in [1.165, 1.54) is 6.07 Å². The molecule has 90 valence electrons. The molecule has 2 amide bonds. The Kier molecular flexibility index (Phi) is 3.08. The molecule has 1 aliphatic rings. The number of hydrogen-bond donors (Lipinski definition) is 2. The first-order valence-corrected chi connectivity index (χ1v) is 5.42. The third-order valence-corrected chi connectivity index (χ3v) is 2.74. The molecule has 2 N–H and O–H groups in total. The quantitative estimate of drug-likeness (QED) is 0.762. The topological polar surface area (TPSA) is 58.2 Å². The van der Waals surface area contributed by atoms with Crippen LogP contribution < -0.4 is 10.6 Å². The number of halogens is 1. The minimum atomic E-state index is -0.433. The summed E-state index contributed by atoms with van der Waals surface area (Å²) in [5.74, 6) is -0.856. The third-order valence-electron chi connectivity index (χ3n) is 2.74. The molecule has 0 aliphatic carbocycles. The molecule has 1 aliphatic heterocycles. The lowest BCUT2D eigenvalue weighted by Gasteiger charge is -2.22. The molecule has 1 atom stereocenters. The lowest BCUT2D eigenvalue weighted by atomic mass is 10.1. The van der Waals surface area contributed by atoms with Crippen LogP contribution in [-0.2, 0) is 9.59 Å². The average Bonchev–Trinajstić information content (AvgIpc) is 2.27. The SMILES string of the molecule is Cc1cc(NC2CCC(=O)NC2=O)ccc1F. The van der Waals surface area contributed by atoms with Crippen LogP contribution in [0.25, 0.3) is 0 Å². The third kappa shape index (κ3) is 2.61. The number of imide groups is 1. The predicted molar refractivity (Wildman–Crippen MR) is 60.9 cm³/mol. The number of nitrogens with one attached hydrogen (secondary N) is 2. The highest BCUT2D eigenvalue weighted by atomic mass is 19.1. The monoisotopic (exact) mass is 236 g/mol. The molecule has 1 fully saturated rings. The molecule has 1 heterocycles. The molecule has 0 aromatic heterocycles. The van der Waals surface area contributed by atoms with Crippen molar-refractivity contribution in [3.05, 3.63) is 29.6 Å². The number of piperidine rings is 1. The fourth-order valence-corrected chi connectivity index (χ4v) is 1.77. The van der Waals surface area contributed by atoms with Crippen molar-refractivity contribution in [2.45, 2.75) is 25.8 Å². The highest BCUT2D eigenvalue weighted by Gasteiger charge is 2.26. The lowest BCUT2D eigenvalue weighted by molar-refractivity contribution is -0.133. The Balaban J connectivity index is 2.08. The van der Waals surface area contributed by atoms with Gasteiger partial charge >= 0.3 is 0 Å². The van der Waals surface area contributed by atoms with Crippen LogP contribution in [0.4, 0.5) is 10.1 Å². The zero-order valence-electron chi connectivity index (χ0n) is 9.42. The first-order valence-electron chi connectivity index (χ1n) is 5.42. The van der Waals surface area contributed by atoms with Gasteiger partial charge in [0.1, 0.15) is 11.9 Å². The van der Waals surface area contributed by atoms with E-state index in [-0.39, 0.29) is 17.6 Å². The zero-order chi connectivity index (χ0) is 12.4. The second kappa shape index (κ2) is 4.53. The second-order valence-corrected chi connectivity index (χ2v) is 4.11. The van der Waals surface area contributed by atoms with Gasteiger partial charge in [0.2, 0.25) is 11.8 Å². The van der Waals surface area contributed by atoms with E-state index in [0.29, 0.717) is 24.1 Å². The molecule has 17 heavy (non-hydrogen) atoms. The number of benzene rings is 1. The molecule has 4 nitrogen and oxygen atoms in total. The molecule has 5 heteroatoms. The first kappa shape index (κ1) is 11.6. The Morgan fingerprint density at radius 1 is 1.41 bits per heavy atom. The summed E-state index contributed by atoms with van der Waals surface area (Å²) in [6, 6.07) is 4.13. The van der Waals surface area contributed by atoms with Gasteiger partial charge < -0.3 is 5.32 Å². The summed E-state index contributed by atoms with van der Waals surface area (Å²) < 4.78 is 13.1. The average molecular weight is 236 g/mol. The van der Waals surface area contributed by atoms with Gasteiger partial charge in [-0.1, -0.05) is 0 Å². The number of carbonyl (C=O) groups excluding carboxylic acids is 2. The summed E-state index contributed by atoms with van der Waals surface area (Å²) in [7, 11) is 0. The van der Waals surface area contributed by atoms with Gasteiger partial charge in [0.15, 0.2) is 0 Å². The maximum Gasteiger partial charge on any atom is 0.249 e. The smallest absolute Gasteiger partial charge is 0.249 e. The van der Waals surface area contributed by atoms with Gasteiger partial charge in [-0.2, -0.15) is 0 Å². The maximum atomic E-state index is 13.1. The molecule has 1 saturated heterocycles. The van der Waals surface area contributed by atoms with Crippen molar-refractivity contribution in [3.63, 3.8) is 0 Å². The molecule has 0 bridgehead atoms. The van der Waals surface area contributed by atoms with Gasteiger partial charge in [-0.15, -0.1) is 0 Å². The van der Waals surface area contributed by atoms with E-state index in [1.54, 1.807) is 19.1 Å². The molecule has 1 aromatic carbocycles. The van der Waals surface area contributed by atoms with E-state index < -0.39 is 6.04 Å². The normalized spacial score (nSPS) is 20.0. The first-order chi connectivity index (χ1) is 8.06. The van der Waals surface area contributed by atoms with Crippen LogP contribution in [0.2, 0.25) is 0 Å². The molecular formula is C12H13FN2O2. The Morgan fingerprint density at radius 3 is 2.82 bits per heavy atom. The van der Waals surface area contributed by atoms with Crippen LogP contribution in [0.3, 0.4) is 0 Å². The number of amides is 2. The van der Waals surface area contributed by atoms with E-state index in [0.717, 1.165) is 0 Å². The van der Waals surface area contributed by atoms with Crippen molar-refractivity contribution in [2.75, 3.05) is 5.32 Å². The molecular weight excluding hydrogens is 223 g/mol. The summed E-state index contributed by atoms with van der Waals surface area (Å²) in [5.41, 5.74) is 1.20. The van der Waals surface area contributed by atoms with Crippen LogP contribution in [0.5, 0.6) is 0 Å². The fourth-order valence-electron chi connectivity index (χ4n) is 1.77. The van der Waals surface area contributed by atoms with Crippen LogP contribution >= 0.6 is 0 Å². The number of hydrogen-bond acceptors (Lipinski definition) is 3. The summed E-state index contributed by atoms with van der Waals surface area (Å²) >= 11 is 0. The van der Waals surface area contributed by atoms with Crippen molar-refractivity contribution >= 4 is 17.5 Å². The highest BCUT2D eigenvalue weighted by molar-refractivity contribution is 6.01. The summed E-state index contributed by atoms with van der Waals surface area (Å²) in [6.45, 7) is 1.66. The van der Waals surface area contributed by atoms with E-state index in [9.17, 15) is 14.0 Å². The Bertz CT molecular complexity index is 474. The minimum Gasteiger partial charge on any atom is -0.374 e. The summed E-state index contributed by atoms with van der Waals surface area (Å²) in [5, 5.41) is 5.25. The molecule has 1 aromatic rings. The van der Waals surface area contributed by atoms with Gasteiger partial charge in [0.25, 0.3) is 0 Å². The Morgan fingerprint density at radius 2 is 2.18 bits per heavy atom. The molecule has 2 rings (SSSR count). The van der Waals surface area contributed by atoms with Gasteiger partial charge in [-0.05, 0) is 37.1 Å². The van der Waals surface area contributed by atoms with Crippen LogP contribution in [0.15, 0.2) is 18.2 Å². The molecule has 1 unspecified atom stereocenters. The standard InChI is InChI=1S/C12H13FN2O2/c1-7-6-8(2-3-9(7)13)14-10-4-5-11(16)15-12(10)17/h2-3,6,10,14H,4-5H2,1H3,(H,15,16,17). The maximum absolute atomic E-state index is 13.1.